The minimum atomic E-state index is -0.512. The van der Waals surface area contributed by atoms with Crippen LogP contribution in [0.4, 0.5) is 4.79 Å². The molecule has 0 aliphatic heterocycles. The molecule has 0 fully saturated rings. The molecule has 0 aliphatic carbocycles. The molecule has 6 heteroatoms. The number of carbonyl (C=O) groups is 1. The Labute approximate surface area is 130 Å². The molecule has 0 saturated carbocycles. The highest BCUT2D eigenvalue weighted by Gasteiger charge is 2.17. The van der Waals surface area contributed by atoms with Gasteiger partial charge in [-0.2, -0.15) is 0 Å². The van der Waals surface area contributed by atoms with E-state index >= 15 is 0 Å². The summed E-state index contributed by atoms with van der Waals surface area (Å²) < 4.78 is 12.5. The Morgan fingerprint density at radius 2 is 2.09 bits per heavy atom. The Balaban J connectivity index is 2.19. The molecule has 1 heterocycles. The molecule has 120 valence electrons. The Kier molecular flexibility index (Phi) is 4.59. The van der Waals surface area contributed by atoms with Gasteiger partial charge in [0.15, 0.2) is 0 Å². The smallest absolute Gasteiger partial charge is 0.408 e. The predicted molar refractivity (Wildman–Crippen MR) is 85.0 cm³/mol. The number of alkyl carbamates (subject to hydrolysis) is 1. The van der Waals surface area contributed by atoms with Crippen LogP contribution in [0.2, 0.25) is 0 Å². The van der Waals surface area contributed by atoms with Crippen LogP contribution in [0.25, 0.3) is 11.0 Å². The van der Waals surface area contributed by atoms with Crippen molar-refractivity contribution >= 4 is 17.1 Å². The molecule has 0 saturated heterocycles. The van der Waals surface area contributed by atoms with Crippen LogP contribution >= 0.6 is 0 Å². The highest BCUT2D eigenvalue weighted by Crippen LogP contribution is 2.22. The molecule has 22 heavy (non-hydrogen) atoms. The first-order valence-electron chi connectivity index (χ1n) is 7.34. The van der Waals surface area contributed by atoms with Gasteiger partial charge in [-0.3, -0.25) is 0 Å². The number of nitrogens with zero attached hydrogens (tertiary/aromatic N) is 2. The van der Waals surface area contributed by atoms with Gasteiger partial charge in [-0.25, -0.2) is 9.78 Å². The van der Waals surface area contributed by atoms with E-state index in [9.17, 15) is 4.79 Å². The van der Waals surface area contributed by atoms with E-state index < -0.39 is 11.7 Å². The summed E-state index contributed by atoms with van der Waals surface area (Å²) in [5, 5.41) is 2.74. The maximum atomic E-state index is 11.8. The lowest BCUT2D eigenvalue weighted by Crippen LogP contribution is -2.32. The third-order valence-electron chi connectivity index (χ3n) is 3.14. The Bertz CT molecular complexity index is 671. The molecule has 0 atom stereocenters. The number of hydrogen-bond acceptors (Lipinski definition) is 4. The molecule has 1 aromatic carbocycles. The summed E-state index contributed by atoms with van der Waals surface area (Å²) in [5.74, 6) is 1.57. The second kappa shape index (κ2) is 6.25. The number of rotatable bonds is 4. The summed E-state index contributed by atoms with van der Waals surface area (Å²) in [5.41, 5.74) is 1.36. The number of aromatic nitrogens is 2. The van der Waals surface area contributed by atoms with Crippen molar-refractivity contribution < 1.29 is 14.3 Å². The van der Waals surface area contributed by atoms with Crippen molar-refractivity contribution in [1.29, 1.82) is 0 Å². The molecule has 0 unspecified atom stereocenters. The van der Waals surface area contributed by atoms with Crippen molar-refractivity contribution in [3.63, 3.8) is 0 Å². The SMILES string of the molecule is CCn1c(CNC(=O)OC(C)(C)C)nc2ccc(OC)cc21. The zero-order valence-electron chi connectivity index (χ0n) is 13.8. The maximum absolute atomic E-state index is 11.8. The summed E-state index contributed by atoms with van der Waals surface area (Å²) in [6.07, 6.45) is -0.445. The third-order valence-corrected chi connectivity index (χ3v) is 3.14. The Hall–Kier alpha value is -2.24. The van der Waals surface area contributed by atoms with E-state index in [1.165, 1.54) is 0 Å². The largest absolute Gasteiger partial charge is 0.497 e. The maximum Gasteiger partial charge on any atom is 0.408 e. The molecule has 0 spiro atoms. The van der Waals surface area contributed by atoms with Crippen molar-refractivity contribution in [3.8, 4) is 5.75 Å². The molecule has 0 bridgehead atoms. The fraction of sp³-hybridized carbons (Fsp3) is 0.500. The zero-order chi connectivity index (χ0) is 16.3. The van der Waals surface area contributed by atoms with Crippen molar-refractivity contribution in [2.45, 2.75) is 46.4 Å². The number of nitrogens with one attached hydrogen (secondary N) is 1. The third kappa shape index (κ3) is 3.69. The fourth-order valence-corrected chi connectivity index (χ4v) is 2.23. The van der Waals surface area contributed by atoms with Crippen LogP contribution in [0, 0.1) is 0 Å². The summed E-state index contributed by atoms with van der Waals surface area (Å²) in [6, 6.07) is 5.74. The molecule has 1 aromatic heterocycles. The average Bonchev–Trinajstić information content (AvgIpc) is 2.79. The van der Waals surface area contributed by atoms with Crippen molar-refractivity contribution in [2.24, 2.45) is 0 Å². The standard InChI is InChI=1S/C16H23N3O3/c1-6-19-13-9-11(21-5)7-8-12(13)18-14(19)10-17-15(20)22-16(2,3)4/h7-9H,6,10H2,1-5H3,(H,17,20). The molecule has 0 radical (unpaired) electrons. The molecule has 2 aromatic rings. The number of hydrogen-bond donors (Lipinski definition) is 1. The van der Waals surface area contributed by atoms with Gasteiger partial charge in [-0.15, -0.1) is 0 Å². The summed E-state index contributed by atoms with van der Waals surface area (Å²) in [6.45, 7) is 8.62. The summed E-state index contributed by atoms with van der Waals surface area (Å²) >= 11 is 0. The Morgan fingerprint density at radius 3 is 2.68 bits per heavy atom. The first kappa shape index (κ1) is 16.1. The molecule has 1 N–H and O–H groups in total. The minimum absolute atomic E-state index is 0.319. The molecule has 6 nitrogen and oxygen atoms in total. The number of aryl methyl sites for hydroxylation is 1. The average molecular weight is 305 g/mol. The minimum Gasteiger partial charge on any atom is -0.497 e. The highest BCUT2D eigenvalue weighted by molar-refractivity contribution is 5.78. The fourth-order valence-electron chi connectivity index (χ4n) is 2.23. The van der Waals surface area contributed by atoms with E-state index in [0.717, 1.165) is 29.2 Å². The number of ether oxygens (including phenoxy) is 2. The number of carbonyl (C=O) groups excluding carboxylic acids is 1. The van der Waals surface area contributed by atoms with E-state index in [-0.39, 0.29) is 0 Å². The van der Waals surface area contributed by atoms with Gasteiger partial charge in [0.2, 0.25) is 0 Å². The quantitative estimate of drug-likeness (QED) is 0.942. The van der Waals surface area contributed by atoms with Crippen LogP contribution in [0.5, 0.6) is 5.75 Å². The van der Waals surface area contributed by atoms with Gasteiger partial charge in [0.1, 0.15) is 17.2 Å². The number of methoxy groups -OCH3 is 1. The van der Waals surface area contributed by atoms with Crippen molar-refractivity contribution in [3.05, 3.63) is 24.0 Å². The van der Waals surface area contributed by atoms with Gasteiger partial charge in [0.05, 0.1) is 24.7 Å². The van der Waals surface area contributed by atoms with Gasteiger partial charge in [-0.1, -0.05) is 0 Å². The van der Waals surface area contributed by atoms with Gasteiger partial charge in [-0.05, 0) is 39.8 Å². The Morgan fingerprint density at radius 1 is 1.36 bits per heavy atom. The number of imidazole rings is 1. The first-order chi connectivity index (χ1) is 10.3. The van der Waals surface area contributed by atoms with Gasteiger partial charge in [0, 0.05) is 12.6 Å². The monoisotopic (exact) mass is 305 g/mol. The molecule has 2 rings (SSSR count). The number of fused-ring (bicyclic) bond motifs is 1. The zero-order valence-corrected chi connectivity index (χ0v) is 13.8. The van der Waals surface area contributed by atoms with Crippen molar-refractivity contribution in [2.75, 3.05) is 7.11 Å². The van der Waals surface area contributed by atoms with Crippen LogP contribution in [-0.4, -0.2) is 28.4 Å². The molecular formula is C16H23N3O3. The van der Waals surface area contributed by atoms with Crippen LogP contribution in [0.1, 0.15) is 33.5 Å². The van der Waals surface area contributed by atoms with Crippen LogP contribution in [0.15, 0.2) is 18.2 Å². The normalized spacial score (nSPS) is 11.5. The summed E-state index contributed by atoms with van der Waals surface area (Å²) in [7, 11) is 1.64. The lowest BCUT2D eigenvalue weighted by molar-refractivity contribution is 0.0521. The second-order valence-electron chi connectivity index (χ2n) is 5.98. The number of amides is 1. The van der Waals surface area contributed by atoms with Crippen LogP contribution < -0.4 is 10.1 Å². The van der Waals surface area contributed by atoms with Gasteiger partial charge in [0.25, 0.3) is 0 Å². The first-order valence-corrected chi connectivity index (χ1v) is 7.34. The van der Waals surface area contributed by atoms with E-state index in [0.29, 0.717) is 6.54 Å². The molecule has 1 amide bonds. The molecular weight excluding hydrogens is 282 g/mol. The van der Waals surface area contributed by atoms with E-state index in [4.69, 9.17) is 9.47 Å². The predicted octanol–water partition coefficient (Wildman–Crippen LogP) is 3.09. The lowest BCUT2D eigenvalue weighted by Gasteiger charge is -2.19. The van der Waals surface area contributed by atoms with E-state index in [1.807, 2.05) is 45.9 Å². The van der Waals surface area contributed by atoms with E-state index in [1.54, 1.807) is 7.11 Å². The topological polar surface area (TPSA) is 65.4 Å². The van der Waals surface area contributed by atoms with Crippen molar-refractivity contribution in [1.82, 2.24) is 14.9 Å². The highest BCUT2D eigenvalue weighted by atomic mass is 16.6. The molecule has 0 aliphatic rings. The summed E-state index contributed by atoms with van der Waals surface area (Å²) in [4.78, 5) is 16.3. The van der Waals surface area contributed by atoms with Gasteiger partial charge >= 0.3 is 6.09 Å². The number of benzene rings is 1. The lowest BCUT2D eigenvalue weighted by atomic mass is 10.2. The van der Waals surface area contributed by atoms with Gasteiger partial charge < -0.3 is 19.4 Å². The van der Waals surface area contributed by atoms with E-state index in [2.05, 4.69) is 14.9 Å². The van der Waals surface area contributed by atoms with Crippen LogP contribution in [-0.2, 0) is 17.8 Å². The second-order valence-corrected chi connectivity index (χ2v) is 5.98. The van der Waals surface area contributed by atoms with Crippen LogP contribution in [0.3, 0.4) is 0 Å².